The standard InChI is InChI=1S/C18H15NO4/c1-21-14-8-6-12(7-9-14)10-16-19-17(18(20)23-16)13-4-3-5-15(11-13)22-2/h3-11H,1-2H3. The number of hydrogen-bond acceptors (Lipinski definition) is 5. The van der Waals surface area contributed by atoms with Crippen LogP contribution in [0.15, 0.2) is 59.4 Å². The van der Waals surface area contributed by atoms with E-state index in [0.29, 0.717) is 11.3 Å². The van der Waals surface area contributed by atoms with E-state index >= 15 is 0 Å². The van der Waals surface area contributed by atoms with Gasteiger partial charge in [0.2, 0.25) is 5.88 Å². The average Bonchev–Trinajstić information content (AvgIpc) is 2.96. The van der Waals surface area contributed by atoms with Gasteiger partial charge in [-0.2, -0.15) is 0 Å². The zero-order valence-electron chi connectivity index (χ0n) is 12.8. The van der Waals surface area contributed by atoms with Crippen LogP contribution in [-0.2, 0) is 9.53 Å². The van der Waals surface area contributed by atoms with Crippen LogP contribution in [0.2, 0.25) is 0 Å². The fourth-order valence-corrected chi connectivity index (χ4v) is 2.18. The molecule has 2 aromatic rings. The Labute approximate surface area is 133 Å². The van der Waals surface area contributed by atoms with Gasteiger partial charge in [-0.05, 0) is 29.8 Å². The van der Waals surface area contributed by atoms with Gasteiger partial charge in [-0.25, -0.2) is 9.79 Å². The molecule has 0 unspecified atom stereocenters. The van der Waals surface area contributed by atoms with E-state index in [4.69, 9.17) is 14.2 Å². The monoisotopic (exact) mass is 309 g/mol. The van der Waals surface area contributed by atoms with Crippen molar-refractivity contribution in [1.82, 2.24) is 0 Å². The van der Waals surface area contributed by atoms with Crippen LogP contribution in [0.5, 0.6) is 11.5 Å². The van der Waals surface area contributed by atoms with Crippen LogP contribution in [0.25, 0.3) is 6.08 Å². The van der Waals surface area contributed by atoms with E-state index in [0.717, 1.165) is 11.3 Å². The predicted octanol–water partition coefficient (Wildman–Crippen LogP) is 3.05. The molecule has 0 fully saturated rings. The Morgan fingerprint density at radius 1 is 1.00 bits per heavy atom. The number of nitrogens with zero attached hydrogens (tertiary/aromatic N) is 1. The molecular formula is C18H15NO4. The summed E-state index contributed by atoms with van der Waals surface area (Å²) in [7, 11) is 3.18. The Morgan fingerprint density at radius 3 is 2.43 bits per heavy atom. The molecule has 0 aliphatic carbocycles. The van der Waals surface area contributed by atoms with E-state index in [1.54, 1.807) is 44.6 Å². The number of ether oxygens (including phenoxy) is 3. The number of esters is 1. The topological polar surface area (TPSA) is 57.1 Å². The maximum Gasteiger partial charge on any atom is 0.364 e. The molecule has 0 saturated carbocycles. The zero-order valence-corrected chi connectivity index (χ0v) is 12.8. The van der Waals surface area contributed by atoms with Gasteiger partial charge < -0.3 is 14.2 Å². The first-order valence-corrected chi connectivity index (χ1v) is 7.00. The summed E-state index contributed by atoms with van der Waals surface area (Å²) in [5, 5.41) is 0. The molecule has 0 spiro atoms. The van der Waals surface area contributed by atoms with Crippen molar-refractivity contribution in [3.63, 3.8) is 0 Å². The van der Waals surface area contributed by atoms with E-state index in [2.05, 4.69) is 4.99 Å². The lowest BCUT2D eigenvalue weighted by Gasteiger charge is -2.01. The molecule has 0 saturated heterocycles. The highest BCUT2D eigenvalue weighted by Gasteiger charge is 2.25. The van der Waals surface area contributed by atoms with E-state index < -0.39 is 5.97 Å². The number of aliphatic imine (C=N–C) groups is 1. The third-order valence-corrected chi connectivity index (χ3v) is 3.36. The number of carbonyl (C=O) groups excluding carboxylic acids is 1. The molecule has 5 nitrogen and oxygen atoms in total. The molecular weight excluding hydrogens is 294 g/mol. The first-order valence-electron chi connectivity index (χ1n) is 7.00. The normalized spacial score (nSPS) is 15.3. The lowest BCUT2D eigenvalue weighted by molar-refractivity contribution is -0.130. The van der Waals surface area contributed by atoms with Crippen molar-refractivity contribution >= 4 is 17.8 Å². The Hall–Kier alpha value is -3.08. The summed E-state index contributed by atoms with van der Waals surface area (Å²) in [6.07, 6.45) is 1.70. The van der Waals surface area contributed by atoms with Crippen molar-refractivity contribution in [3.8, 4) is 11.5 Å². The molecule has 116 valence electrons. The fraction of sp³-hybridized carbons (Fsp3) is 0.111. The SMILES string of the molecule is COc1ccc(C=C2N=C(c3cccc(OC)c3)C(=O)O2)cc1. The minimum atomic E-state index is -0.474. The second kappa shape index (κ2) is 6.36. The van der Waals surface area contributed by atoms with Gasteiger partial charge in [-0.15, -0.1) is 0 Å². The summed E-state index contributed by atoms with van der Waals surface area (Å²) in [4.78, 5) is 16.3. The summed E-state index contributed by atoms with van der Waals surface area (Å²) in [6.45, 7) is 0. The van der Waals surface area contributed by atoms with Gasteiger partial charge in [0.15, 0.2) is 5.71 Å². The highest BCUT2D eigenvalue weighted by Crippen LogP contribution is 2.22. The quantitative estimate of drug-likeness (QED) is 0.815. The van der Waals surface area contributed by atoms with Crippen molar-refractivity contribution in [2.75, 3.05) is 14.2 Å². The van der Waals surface area contributed by atoms with Crippen molar-refractivity contribution in [2.24, 2.45) is 4.99 Å². The summed E-state index contributed by atoms with van der Waals surface area (Å²) in [5.41, 5.74) is 1.79. The van der Waals surface area contributed by atoms with E-state index in [9.17, 15) is 4.79 Å². The molecule has 23 heavy (non-hydrogen) atoms. The van der Waals surface area contributed by atoms with Crippen LogP contribution in [0.1, 0.15) is 11.1 Å². The molecule has 0 N–H and O–H groups in total. The molecule has 1 aliphatic rings. The van der Waals surface area contributed by atoms with Crippen molar-refractivity contribution in [2.45, 2.75) is 0 Å². The average molecular weight is 309 g/mol. The Balaban J connectivity index is 1.89. The van der Waals surface area contributed by atoms with Crippen molar-refractivity contribution in [3.05, 3.63) is 65.5 Å². The molecule has 5 heteroatoms. The van der Waals surface area contributed by atoms with Crippen LogP contribution in [0, 0.1) is 0 Å². The number of cyclic esters (lactones) is 1. The molecule has 0 bridgehead atoms. The van der Waals surface area contributed by atoms with Crippen LogP contribution in [0.3, 0.4) is 0 Å². The van der Waals surface area contributed by atoms with Gasteiger partial charge in [0.25, 0.3) is 0 Å². The predicted molar refractivity (Wildman–Crippen MR) is 86.6 cm³/mol. The van der Waals surface area contributed by atoms with Gasteiger partial charge in [-0.1, -0.05) is 24.3 Å². The Morgan fingerprint density at radius 2 is 1.74 bits per heavy atom. The lowest BCUT2D eigenvalue weighted by atomic mass is 10.1. The van der Waals surface area contributed by atoms with Crippen LogP contribution in [0.4, 0.5) is 0 Å². The van der Waals surface area contributed by atoms with Gasteiger partial charge in [0.1, 0.15) is 11.5 Å². The molecule has 2 aromatic carbocycles. The molecule has 0 atom stereocenters. The minimum absolute atomic E-state index is 0.262. The minimum Gasteiger partial charge on any atom is -0.497 e. The maximum absolute atomic E-state index is 12.0. The number of benzene rings is 2. The Bertz CT molecular complexity index is 791. The summed E-state index contributed by atoms with van der Waals surface area (Å²) >= 11 is 0. The van der Waals surface area contributed by atoms with Gasteiger partial charge >= 0.3 is 5.97 Å². The largest absolute Gasteiger partial charge is 0.497 e. The first-order chi connectivity index (χ1) is 11.2. The van der Waals surface area contributed by atoms with Crippen LogP contribution >= 0.6 is 0 Å². The van der Waals surface area contributed by atoms with Crippen molar-refractivity contribution < 1.29 is 19.0 Å². The molecule has 3 rings (SSSR count). The smallest absolute Gasteiger partial charge is 0.364 e. The number of rotatable bonds is 4. The summed E-state index contributed by atoms with van der Waals surface area (Å²) in [5.74, 6) is 1.21. The first kappa shape index (κ1) is 14.8. The van der Waals surface area contributed by atoms with E-state index in [1.807, 2.05) is 24.3 Å². The van der Waals surface area contributed by atoms with E-state index in [-0.39, 0.29) is 11.6 Å². The van der Waals surface area contributed by atoms with Gasteiger partial charge in [0, 0.05) is 11.6 Å². The second-order valence-electron chi connectivity index (χ2n) is 4.84. The summed E-state index contributed by atoms with van der Waals surface area (Å²) in [6, 6.07) is 14.5. The van der Waals surface area contributed by atoms with Crippen molar-refractivity contribution in [1.29, 1.82) is 0 Å². The van der Waals surface area contributed by atoms with Gasteiger partial charge in [0.05, 0.1) is 14.2 Å². The van der Waals surface area contributed by atoms with Crippen LogP contribution < -0.4 is 9.47 Å². The highest BCUT2D eigenvalue weighted by atomic mass is 16.6. The molecule has 0 amide bonds. The zero-order chi connectivity index (χ0) is 16.2. The summed E-state index contributed by atoms with van der Waals surface area (Å²) < 4.78 is 15.5. The maximum atomic E-state index is 12.0. The van der Waals surface area contributed by atoms with E-state index in [1.165, 1.54) is 0 Å². The lowest BCUT2D eigenvalue weighted by Crippen LogP contribution is -2.11. The molecule has 0 aromatic heterocycles. The number of carbonyl (C=O) groups is 1. The van der Waals surface area contributed by atoms with Gasteiger partial charge in [-0.3, -0.25) is 0 Å². The fourth-order valence-electron chi connectivity index (χ4n) is 2.18. The second-order valence-corrected chi connectivity index (χ2v) is 4.84. The molecule has 0 radical (unpaired) electrons. The molecule has 1 aliphatic heterocycles. The number of methoxy groups -OCH3 is 2. The third-order valence-electron chi connectivity index (χ3n) is 3.36. The third kappa shape index (κ3) is 3.23. The Kier molecular flexibility index (Phi) is 4.10. The highest BCUT2D eigenvalue weighted by molar-refractivity contribution is 6.45. The molecule has 1 heterocycles. The number of hydrogen-bond donors (Lipinski definition) is 0. The van der Waals surface area contributed by atoms with Crippen LogP contribution in [-0.4, -0.2) is 25.9 Å².